The van der Waals surface area contributed by atoms with Crippen molar-refractivity contribution in [1.82, 2.24) is 15.5 Å². The Bertz CT molecular complexity index is 941. The van der Waals surface area contributed by atoms with Gasteiger partial charge in [-0.25, -0.2) is 0 Å². The zero-order valence-electron chi connectivity index (χ0n) is 17.2. The highest BCUT2D eigenvalue weighted by atomic mass is 16.5. The molecule has 2 aliphatic heterocycles. The van der Waals surface area contributed by atoms with Crippen molar-refractivity contribution >= 4 is 11.8 Å². The minimum absolute atomic E-state index is 0.0670. The third-order valence-electron chi connectivity index (χ3n) is 5.81. The van der Waals surface area contributed by atoms with Gasteiger partial charge in [-0.15, -0.1) is 0 Å². The van der Waals surface area contributed by atoms with E-state index < -0.39 is 6.10 Å². The summed E-state index contributed by atoms with van der Waals surface area (Å²) < 4.78 is 5.27. The topological polar surface area (TPSA) is 111 Å². The molecule has 8 heteroatoms. The second-order valence-electron chi connectivity index (χ2n) is 7.90. The number of morpholine rings is 1. The van der Waals surface area contributed by atoms with Crippen molar-refractivity contribution < 1.29 is 24.5 Å². The number of benzene rings is 2. The molecular weight excluding hydrogens is 398 g/mol. The van der Waals surface area contributed by atoms with E-state index in [4.69, 9.17) is 4.74 Å². The molecule has 0 aromatic heterocycles. The fourth-order valence-corrected chi connectivity index (χ4v) is 3.95. The molecule has 2 aliphatic rings. The summed E-state index contributed by atoms with van der Waals surface area (Å²) in [5.41, 5.74) is 3.06. The first-order chi connectivity index (χ1) is 15.0. The highest BCUT2D eigenvalue weighted by Crippen LogP contribution is 2.22. The first kappa shape index (κ1) is 21.3. The quantitative estimate of drug-likeness (QED) is 0.561. The number of hydrogen-bond donors (Lipinski definition) is 4. The fraction of sp³-hybridized carbons (Fsp3) is 0.391. The van der Waals surface area contributed by atoms with Gasteiger partial charge in [0, 0.05) is 43.3 Å². The van der Waals surface area contributed by atoms with Crippen LogP contribution in [0.1, 0.15) is 31.8 Å². The number of fused-ring (bicyclic) bond motifs is 1. The number of phenols is 1. The molecule has 4 N–H and O–H groups in total. The number of aliphatic hydroxyl groups excluding tert-OH is 1. The van der Waals surface area contributed by atoms with Gasteiger partial charge in [-0.3, -0.25) is 9.59 Å². The van der Waals surface area contributed by atoms with E-state index in [0.29, 0.717) is 50.4 Å². The maximum Gasteiger partial charge on any atom is 0.254 e. The Morgan fingerprint density at radius 2 is 1.81 bits per heavy atom. The molecule has 0 spiro atoms. The summed E-state index contributed by atoms with van der Waals surface area (Å²) in [6, 6.07) is 11.6. The normalized spacial score (nSPS) is 19.4. The Labute approximate surface area is 180 Å². The van der Waals surface area contributed by atoms with E-state index in [2.05, 4.69) is 10.6 Å². The zero-order valence-corrected chi connectivity index (χ0v) is 17.2. The zero-order chi connectivity index (χ0) is 21.8. The first-order valence-electron chi connectivity index (χ1n) is 10.5. The molecule has 4 rings (SSSR count). The molecule has 2 amide bonds. The predicted molar refractivity (Wildman–Crippen MR) is 114 cm³/mol. The summed E-state index contributed by atoms with van der Waals surface area (Å²) in [6.07, 6.45) is -0.140. The van der Waals surface area contributed by atoms with Crippen LogP contribution in [0.3, 0.4) is 0 Å². The van der Waals surface area contributed by atoms with Crippen molar-refractivity contribution in [3.8, 4) is 5.75 Å². The number of phenolic OH excluding ortho intramolecular Hbond substituents is 1. The number of hydrogen-bond acceptors (Lipinski definition) is 6. The van der Waals surface area contributed by atoms with Crippen molar-refractivity contribution in [2.45, 2.75) is 25.1 Å². The van der Waals surface area contributed by atoms with Crippen molar-refractivity contribution in [3.05, 3.63) is 64.7 Å². The van der Waals surface area contributed by atoms with Crippen LogP contribution in [0.15, 0.2) is 42.5 Å². The van der Waals surface area contributed by atoms with Crippen LogP contribution in [0, 0.1) is 0 Å². The average Bonchev–Trinajstić information content (AvgIpc) is 2.82. The van der Waals surface area contributed by atoms with Crippen LogP contribution < -0.4 is 10.6 Å². The molecular formula is C23H27N3O5. The molecule has 0 unspecified atom stereocenters. The van der Waals surface area contributed by atoms with Gasteiger partial charge in [0.25, 0.3) is 11.8 Å². The second kappa shape index (κ2) is 9.47. The van der Waals surface area contributed by atoms with Gasteiger partial charge >= 0.3 is 0 Å². The molecule has 0 bridgehead atoms. The van der Waals surface area contributed by atoms with Crippen LogP contribution in [0.2, 0.25) is 0 Å². The van der Waals surface area contributed by atoms with Gasteiger partial charge in [-0.2, -0.15) is 0 Å². The number of nitrogens with one attached hydrogen (secondary N) is 2. The van der Waals surface area contributed by atoms with E-state index in [1.54, 1.807) is 41.3 Å². The number of aromatic hydroxyl groups is 1. The van der Waals surface area contributed by atoms with E-state index in [1.807, 2.05) is 6.07 Å². The highest BCUT2D eigenvalue weighted by molar-refractivity contribution is 5.97. The summed E-state index contributed by atoms with van der Waals surface area (Å²) in [6.45, 7) is 2.88. The largest absolute Gasteiger partial charge is 0.508 e. The lowest BCUT2D eigenvalue weighted by Gasteiger charge is -2.30. The number of amides is 2. The predicted octanol–water partition coefficient (Wildman–Crippen LogP) is 0.670. The van der Waals surface area contributed by atoms with E-state index >= 15 is 0 Å². The molecule has 2 heterocycles. The molecule has 2 aromatic rings. The third-order valence-corrected chi connectivity index (χ3v) is 5.81. The molecule has 8 nitrogen and oxygen atoms in total. The van der Waals surface area contributed by atoms with Gasteiger partial charge in [0.2, 0.25) is 0 Å². The molecule has 2 atom stereocenters. The summed E-state index contributed by atoms with van der Waals surface area (Å²) in [4.78, 5) is 26.7. The van der Waals surface area contributed by atoms with Gasteiger partial charge in [-0.05, 0) is 53.9 Å². The number of rotatable bonds is 5. The van der Waals surface area contributed by atoms with Crippen LogP contribution in [0.5, 0.6) is 5.75 Å². The Morgan fingerprint density at radius 3 is 2.55 bits per heavy atom. The molecule has 0 saturated carbocycles. The van der Waals surface area contributed by atoms with E-state index in [1.165, 1.54) is 0 Å². The maximum absolute atomic E-state index is 12.5. The molecule has 0 aliphatic carbocycles. The Morgan fingerprint density at radius 1 is 1.10 bits per heavy atom. The SMILES string of the molecule is O=C(NC[C@@H](O)[C@@H]1Cc2ccc(O)cc2CN1)c1ccc(C(=O)N2CCOCC2)cc1. The van der Waals surface area contributed by atoms with Crippen LogP contribution in [-0.2, 0) is 17.7 Å². The van der Waals surface area contributed by atoms with E-state index in [0.717, 1.165) is 11.1 Å². The lowest BCUT2D eigenvalue weighted by Crippen LogP contribution is -2.49. The van der Waals surface area contributed by atoms with Crippen LogP contribution >= 0.6 is 0 Å². The molecule has 2 aromatic carbocycles. The monoisotopic (exact) mass is 425 g/mol. The lowest BCUT2D eigenvalue weighted by atomic mass is 9.92. The number of carbonyl (C=O) groups excluding carboxylic acids is 2. The minimum Gasteiger partial charge on any atom is -0.508 e. The summed E-state index contributed by atoms with van der Waals surface area (Å²) in [5.74, 6) is -0.141. The summed E-state index contributed by atoms with van der Waals surface area (Å²) >= 11 is 0. The minimum atomic E-state index is -0.756. The van der Waals surface area contributed by atoms with Crippen molar-refractivity contribution in [2.24, 2.45) is 0 Å². The number of aliphatic hydroxyl groups is 1. The van der Waals surface area contributed by atoms with Crippen LogP contribution in [0.25, 0.3) is 0 Å². The van der Waals surface area contributed by atoms with E-state index in [-0.39, 0.29) is 30.2 Å². The molecule has 1 saturated heterocycles. The number of nitrogens with zero attached hydrogens (tertiary/aromatic N) is 1. The molecule has 164 valence electrons. The number of ether oxygens (including phenoxy) is 1. The fourth-order valence-electron chi connectivity index (χ4n) is 3.95. The standard InChI is InChI=1S/C23H27N3O5/c27-19-6-5-17-12-20(24-13-18(17)11-19)21(28)14-25-22(29)15-1-3-16(4-2-15)23(30)26-7-9-31-10-8-26/h1-6,11,20-21,24,27-28H,7-10,12-14H2,(H,25,29)/t20-,21+/m0/s1. The highest BCUT2D eigenvalue weighted by Gasteiger charge is 2.25. The van der Waals surface area contributed by atoms with Crippen molar-refractivity contribution in [1.29, 1.82) is 0 Å². The van der Waals surface area contributed by atoms with Gasteiger partial charge in [0.05, 0.1) is 19.3 Å². The molecule has 1 fully saturated rings. The summed E-state index contributed by atoms with van der Waals surface area (Å²) in [5, 5.41) is 26.1. The lowest BCUT2D eigenvalue weighted by molar-refractivity contribution is 0.0303. The maximum atomic E-state index is 12.5. The summed E-state index contributed by atoms with van der Waals surface area (Å²) in [7, 11) is 0. The smallest absolute Gasteiger partial charge is 0.254 e. The third kappa shape index (κ3) is 5.04. The van der Waals surface area contributed by atoms with E-state index in [9.17, 15) is 19.8 Å². The van der Waals surface area contributed by atoms with Gasteiger partial charge in [-0.1, -0.05) is 6.07 Å². The molecule has 0 radical (unpaired) electrons. The first-order valence-corrected chi connectivity index (χ1v) is 10.5. The molecule has 31 heavy (non-hydrogen) atoms. The Kier molecular flexibility index (Phi) is 6.50. The van der Waals surface area contributed by atoms with Gasteiger partial charge in [0.15, 0.2) is 0 Å². The Hall–Kier alpha value is -2.94. The van der Waals surface area contributed by atoms with Crippen molar-refractivity contribution in [2.75, 3.05) is 32.8 Å². The second-order valence-corrected chi connectivity index (χ2v) is 7.90. The average molecular weight is 425 g/mol. The van der Waals surface area contributed by atoms with Gasteiger partial charge < -0.3 is 30.5 Å². The van der Waals surface area contributed by atoms with Crippen molar-refractivity contribution in [3.63, 3.8) is 0 Å². The van der Waals surface area contributed by atoms with Crippen LogP contribution in [0.4, 0.5) is 0 Å². The van der Waals surface area contributed by atoms with Gasteiger partial charge in [0.1, 0.15) is 5.75 Å². The Balaban J connectivity index is 1.29. The van der Waals surface area contributed by atoms with Crippen LogP contribution in [-0.4, -0.2) is 71.9 Å². The number of carbonyl (C=O) groups is 2.